The van der Waals surface area contributed by atoms with E-state index in [2.05, 4.69) is 83.2 Å². The molecule has 2 rings (SSSR count). The molecule has 0 aliphatic rings. The summed E-state index contributed by atoms with van der Waals surface area (Å²) in [6.07, 6.45) is 0.930. The van der Waals surface area contributed by atoms with E-state index in [1.165, 1.54) is 11.3 Å². The summed E-state index contributed by atoms with van der Waals surface area (Å²) in [6, 6.07) is 19.0. The molecule has 0 fully saturated rings. The molecule has 0 heterocycles. The number of hydrogen-bond acceptors (Lipinski definition) is 2. The fourth-order valence-corrected chi connectivity index (χ4v) is 3.07. The topological polar surface area (TPSA) is 29.3 Å². The zero-order valence-corrected chi connectivity index (χ0v) is 14.3. The fourth-order valence-electron chi connectivity index (χ4n) is 2.80. The predicted molar refractivity (Wildman–Crippen MR) is 94.8 cm³/mol. The van der Waals surface area contributed by atoms with E-state index in [9.17, 15) is 0 Å². The highest BCUT2D eigenvalue weighted by molar-refractivity contribution is 9.10. The van der Waals surface area contributed by atoms with Crippen LogP contribution in [0.2, 0.25) is 0 Å². The highest BCUT2D eigenvalue weighted by Gasteiger charge is 2.30. The number of hydrogen-bond donors (Lipinski definition) is 1. The molecule has 1 atom stereocenters. The zero-order valence-electron chi connectivity index (χ0n) is 12.7. The number of likely N-dealkylation sites (N-methyl/N-ethyl adjacent to an activating group) is 1. The molecule has 3 heteroatoms. The third-order valence-electron chi connectivity index (χ3n) is 3.97. The Bertz CT molecular complexity index is 553. The molecule has 0 saturated heterocycles. The molecule has 1 unspecified atom stereocenters. The van der Waals surface area contributed by atoms with Crippen molar-refractivity contribution in [2.75, 3.05) is 18.0 Å². The van der Waals surface area contributed by atoms with Crippen LogP contribution in [-0.2, 0) is 6.42 Å². The van der Waals surface area contributed by atoms with Crippen LogP contribution in [0.5, 0.6) is 0 Å². The average molecular weight is 347 g/mol. The van der Waals surface area contributed by atoms with Gasteiger partial charge in [-0.15, -0.1) is 0 Å². The normalized spacial score (nSPS) is 13.7. The van der Waals surface area contributed by atoms with Gasteiger partial charge in [0.1, 0.15) is 0 Å². The SMILES string of the molecule is CCN(c1ccccc1)C(C)(CN)Cc1ccc(Br)cc1. The largest absolute Gasteiger partial charge is 0.365 e. The molecule has 0 aliphatic carbocycles. The fraction of sp³-hybridized carbons (Fsp3) is 0.333. The molecular weight excluding hydrogens is 324 g/mol. The van der Waals surface area contributed by atoms with Gasteiger partial charge in [0.15, 0.2) is 0 Å². The van der Waals surface area contributed by atoms with Crippen molar-refractivity contribution in [3.8, 4) is 0 Å². The second kappa shape index (κ2) is 7.10. The lowest BCUT2D eigenvalue weighted by atomic mass is 9.90. The van der Waals surface area contributed by atoms with Crippen LogP contribution in [0.3, 0.4) is 0 Å². The molecule has 0 bridgehead atoms. The van der Waals surface area contributed by atoms with Gasteiger partial charge in [0.2, 0.25) is 0 Å². The van der Waals surface area contributed by atoms with Crippen molar-refractivity contribution in [3.63, 3.8) is 0 Å². The third-order valence-corrected chi connectivity index (χ3v) is 4.50. The smallest absolute Gasteiger partial charge is 0.0536 e. The summed E-state index contributed by atoms with van der Waals surface area (Å²) in [5.74, 6) is 0. The van der Waals surface area contributed by atoms with Crippen molar-refractivity contribution in [2.45, 2.75) is 25.8 Å². The van der Waals surface area contributed by atoms with Crippen molar-refractivity contribution in [2.24, 2.45) is 5.73 Å². The first kappa shape index (κ1) is 16.1. The van der Waals surface area contributed by atoms with Gasteiger partial charge in [-0.3, -0.25) is 0 Å². The van der Waals surface area contributed by atoms with Crippen LogP contribution in [0.1, 0.15) is 19.4 Å². The second-order valence-corrected chi connectivity index (χ2v) is 6.50. The summed E-state index contributed by atoms with van der Waals surface area (Å²) >= 11 is 3.49. The summed E-state index contributed by atoms with van der Waals surface area (Å²) < 4.78 is 1.11. The van der Waals surface area contributed by atoms with Crippen molar-refractivity contribution in [1.29, 1.82) is 0 Å². The van der Waals surface area contributed by atoms with E-state index in [0.717, 1.165) is 17.4 Å². The summed E-state index contributed by atoms with van der Waals surface area (Å²) in [6.45, 7) is 5.98. The third kappa shape index (κ3) is 3.86. The maximum atomic E-state index is 6.15. The highest BCUT2D eigenvalue weighted by atomic mass is 79.9. The minimum Gasteiger partial charge on any atom is -0.365 e. The van der Waals surface area contributed by atoms with Crippen molar-refractivity contribution in [3.05, 3.63) is 64.6 Å². The van der Waals surface area contributed by atoms with E-state index >= 15 is 0 Å². The van der Waals surface area contributed by atoms with Gasteiger partial charge in [-0.05, 0) is 50.1 Å². The van der Waals surface area contributed by atoms with E-state index in [-0.39, 0.29) is 5.54 Å². The van der Waals surface area contributed by atoms with E-state index in [4.69, 9.17) is 5.73 Å². The van der Waals surface area contributed by atoms with Crippen molar-refractivity contribution >= 4 is 21.6 Å². The van der Waals surface area contributed by atoms with Gasteiger partial charge in [-0.2, -0.15) is 0 Å². The Morgan fingerprint density at radius 2 is 1.67 bits per heavy atom. The quantitative estimate of drug-likeness (QED) is 0.847. The highest BCUT2D eigenvalue weighted by Crippen LogP contribution is 2.27. The summed E-state index contributed by atoms with van der Waals surface area (Å²) in [5, 5.41) is 0. The Balaban J connectivity index is 2.28. The minimum atomic E-state index is -0.0933. The number of anilines is 1. The monoisotopic (exact) mass is 346 g/mol. The van der Waals surface area contributed by atoms with Crippen LogP contribution in [0.25, 0.3) is 0 Å². The van der Waals surface area contributed by atoms with Gasteiger partial charge in [-0.25, -0.2) is 0 Å². The average Bonchev–Trinajstić information content (AvgIpc) is 2.51. The summed E-state index contributed by atoms with van der Waals surface area (Å²) in [5.41, 5.74) is 8.59. The number of para-hydroxylation sites is 1. The van der Waals surface area contributed by atoms with Crippen LogP contribution in [0.15, 0.2) is 59.1 Å². The number of nitrogens with two attached hydrogens (primary N) is 1. The van der Waals surface area contributed by atoms with Crippen LogP contribution in [0, 0.1) is 0 Å². The van der Waals surface area contributed by atoms with Gasteiger partial charge in [-0.1, -0.05) is 46.3 Å². The molecule has 0 saturated carbocycles. The van der Waals surface area contributed by atoms with Crippen LogP contribution in [-0.4, -0.2) is 18.6 Å². The van der Waals surface area contributed by atoms with E-state index in [1.54, 1.807) is 0 Å². The molecule has 2 aromatic rings. The molecule has 0 amide bonds. The number of nitrogens with zero attached hydrogens (tertiary/aromatic N) is 1. The first-order chi connectivity index (χ1) is 10.1. The lowest BCUT2D eigenvalue weighted by Crippen LogP contribution is -2.53. The van der Waals surface area contributed by atoms with Gasteiger partial charge in [0.25, 0.3) is 0 Å². The molecule has 0 radical (unpaired) electrons. The zero-order chi connectivity index (χ0) is 15.3. The Labute approximate surface area is 136 Å². The second-order valence-electron chi connectivity index (χ2n) is 5.58. The van der Waals surface area contributed by atoms with E-state index in [0.29, 0.717) is 6.54 Å². The Kier molecular flexibility index (Phi) is 5.43. The number of halogens is 1. The first-order valence-electron chi connectivity index (χ1n) is 7.36. The molecule has 2 aromatic carbocycles. The lowest BCUT2D eigenvalue weighted by Gasteiger charge is -2.42. The molecule has 2 nitrogen and oxygen atoms in total. The van der Waals surface area contributed by atoms with Crippen LogP contribution < -0.4 is 10.6 Å². The summed E-state index contributed by atoms with van der Waals surface area (Å²) in [4.78, 5) is 2.40. The van der Waals surface area contributed by atoms with Gasteiger partial charge in [0, 0.05) is 23.2 Å². The van der Waals surface area contributed by atoms with Gasteiger partial charge in [0.05, 0.1) is 5.54 Å². The maximum Gasteiger partial charge on any atom is 0.0536 e. The van der Waals surface area contributed by atoms with E-state index < -0.39 is 0 Å². The van der Waals surface area contributed by atoms with E-state index in [1.807, 2.05) is 6.07 Å². The molecule has 112 valence electrons. The standard InChI is InChI=1S/C18H23BrN2/c1-3-21(17-7-5-4-6-8-17)18(2,14-20)13-15-9-11-16(19)12-10-15/h4-12H,3,13-14,20H2,1-2H3. The maximum absolute atomic E-state index is 6.15. The lowest BCUT2D eigenvalue weighted by molar-refractivity contribution is 0.432. The van der Waals surface area contributed by atoms with Crippen LogP contribution >= 0.6 is 15.9 Å². The van der Waals surface area contributed by atoms with Crippen LogP contribution in [0.4, 0.5) is 5.69 Å². The summed E-state index contributed by atoms with van der Waals surface area (Å²) in [7, 11) is 0. The molecule has 0 aromatic heterocycles. The van der Waals surface area contributed by atoms with Crippen molar-refractivity contribution < 1.29 is 0 Å². The van der Waals surface area contributed by atoms with Gasteiger partial charge < -0.3 is 10.6 Å². The predicted octanol–water partition coefficient (Wildman–Crippen LogP) is 4.24. The van der Waals surface area contributed by atoms with Crippen molar-refractivity contribution in [1.82, 2.24) is 0 Å². The number of benzene rings is 2. The Morgan fingerprint density at radius 1 is 1.05 bits per heavy atom. The molecule has 0 aliphatic heterocycles. The number of rotatable bonds is 6. The molecule has 21 heavy (non-hydrogen) atoms. The molecule has 0 spiro atoms. The molecular formula is C18H23BrN2. The first-order valence-corrected chi connectivity index (χ1v) is 8.15. The molecule has 2 N–H and O–H groups in total. The Hall–Kier alpha value is -1.32. The minimum absolute atomic E-state index is 0.0933. The van der Waals surface area contributed by atoms with Gasteiger partial charge >= 0.3 is 0 Å². The Morgan fingerprint density at radius 3 is 2.19 bits per heavy atom.